The number of amidine groups is 1. The maximum absolute atomic E-state index is 6.55. The van der Waals surface area contributed by atoms with Crippen molar-refractivity contribution in [3.8, 4) is 0 Å². The molecular weight excluding hydrogens is 363 g/mol. The molecule has 134 valence electrons. The third kappa shape index (κ3) is 3.87. The second-order valence-corrected chi connectivity index (χ2v) is 6.82. The van der Waals surface area contributed by atoms with Gasteiger partial charge in [0.25, 0.3) is 0 Å². The van der Waals surface area contributed by atoms with Crippen LogP contribution in [0, 0.1) is 0 Å². The van der Waals surface area contributed by atoms with Gasteiger partial charge in [-0.15, -0.1) is 12.4 Å². The molecule has 1 heterocycles. The van der Waals surface area contributed by atoms with Gasteiger partial charge < -0.3 is 5.32 Å². The Morgan fingerprint density at radius 3 is 2.58 bits per heavy atom. The molecule has 4 rings (SSSR count). The fourth-order valence-electron chi connectivity index (χ4n) is 3.52. The Kier molecular flexibility index (Phi) is 6.18. The predicted octanol–water partition coefficient (Wildman–Crippen LogP) is 5.44. The average Bonchev–Trinajstić information content (AvgIpc) is 2.67. The van der Waals surface area contributed by atoms with E-state index in [1.807, 2.05) is 12.1 Å². The quantitative estimate of drug-likeness (QED) is 0.635. The minimum atomic E-state index is 0. The molecule has 0 fully saturated rings. The van der Waals surface area contributed by atoms with Crippen LogP contribution < -0.4 is 5.32 Å². The van der Waals surface area contributed by atoms with Gasteiger partial charge in [-0.2, -0.15) is 0 Å². The van der Waals surface area contributed by atoms with Crippen molar-refractivity contribution < 1.29 is 0 Å². The number of aliphatic imine (C=N–C) groups is 1. The Labute approximate surface area is 165 Å². The van der Waals surface area contributed by atoms with E-state index < -0.39 is 0 Å². The first kappa shape index (κ1) is 18.8. The molecule has 3 aromatic rings. The third-order valence-corrected chi connectivity index (χ3v) is 5.15. The largest absolute Gasteiger partial charge is 0.370 e. The minimum absolute atomic E-state index is 0. The van der Waals surface area contributed by atoms with Crippen LogP contribution in [-0.2, 0) is 12.8 Å². The first-order chi connectivity index (χ1) is 12.3. The molecule has 0 aliphatic carbocycles. The molecule has 0 aromatic heterocycles. The molecule has 0 spiro atoms. The highest BCUT2D eigenvalue weighted by molar-refractivity contribution is 6.32. The zero-order valence-electron chi connectivity index (χ0n) is 14.5. The summed E-state index contributed by atoms with van der Waals surface area (Å²) in [5.74, 6) is 0.988. The Morgan fingerprint density at radius 1 is 0.923 bits per heavy atom. The molecule has 0 radical (unpaired) electrons. The topological polar surface area (TPSA) is 24.4 Å². The number of aryl methyl sites for hydroxylation is 1. The van der Waals surface area contributed by atoms with E-state index in [-0.39, 0.29) is 12.4 Å². The number of rotatable bonds is 4. The number of halogens is 2. The zero-order chi connectivity index (χ0) is 17.1. The smallest absolute Gasteiger partial charge is 0.128 e. The summed E-state index contributed by atoms with van der Waals surface area (Å²) in [6.07, 6.45) is 2.96. The molecule has 4 heteroatoms. The van der Waals surface area contributed by atoms with Gasteiger partial charge in [-0.1, -0.05) is 66.2 Å². The summed E-state index contributed by atoms with van der Waals surface area (Å²) in [5.41, 5.74) is 3.69. The lowest BCUT2D eigenvalue weighted by Gasteiger charge is -2.18. The van der Waals surface area contributed by atoms with Crippen LogP contribution in [-0.4, -0.2) is 18.9 Å². The van der Waals surface area contributed by atoms with Crippen LogP contribution in [0.15, 0.2) is 65.7 Å². The standard InChI is InChI=1S/C22H21ClN2.ClH/c23-21-11-4-10-20(22-24-14-5-15-25-22)19(21)13-12-17-8-3-7-16-6-1-2-9-18(16)17;/h1-4,6-11H,5,12-15H2,(H,24,25);1H. The monoisotopic (exact) mass is 384 g/mol. The van der Waals surface area contributed by atoms with Crippen LogP contribution in [0.3, 0.4) is 0 Å². The van der Waals surface area contributed by atoms with Crippen molar-refractivity contribution >= 4 is 40.6 Å². The summed E-state index contributed by atoms with van der Waals surface area (Å²) in [7, 11) is 0. The van der Waals surface area contributed by atoms with Gasteiger partial charge in [0, 0.05) is 23.7 Å². The normalized spacial score (nSPS) is 13.7. The average molecular weight is 385 g/mol. The van der Waals surface area contributed by atoms with Gasteiger partial charge in [0.2, 0.25) is 0 Å². The minimum Gasteiger partial charge on any atom is -0.370 e. The van der Waals surface area contributed by atoms with Gasteiger partial charge >= 0.3 is 0 Å². The number of nitrogens with zero attached hydrogens (tertiary/aromatic N) is 1. The Hall–Kier alpha value is -2.03. The summed E-state index contributed by atoms with van der Waals surface area (Å²) in [5, 5.41) is 6.86. The van der Waals surface area contributed by atoms with Gasteiger partial charge in [0.05, 0.1) is 0 Å². The molecule has 0 unspecified atom stereocenters. The highest BCUT2D eigenvalue weighted by Crippen LogP contribution is 2.25. The maximum Gasteiger partial charge on any atom is 0.128 e. The predicted molar refractivity (Wildman–Crippen MR) is 114 cm³/mol. The zero-order valence-corrected chi connectivity index (χ0v) is 16.1. The van der Waals surface area contributed by atoms with Crippen molar-refractivity contribution in [3.63, 3.8) is 0 Å². The summed E-state index contributed by atoms with van der Waals surface area (Å²) in [6.45, 7) is 1.87. The van der Waals surface area contributed by atoms with Crippen molar-refractivity contribution in [1.82, 2.24) is 5.32 Å². The van der Waals surface area contributed by atoms with Crippen molar-refractivity contribution in [1.29, 1.82) is 0 Å². The van der Waals surface area contributed by atoms with Crippen molar-refractivity contribution in [2.45, 2.75) is 19.3 Å². The van der Waals surface area contributed by atoms with E-state index in [1.165, 1.54) is 21.9 Å². The summed E-state index contributed by atoms with van der Waals surface area (Å²) in [6, 6.07) is 21.2. The number of hydrogen-bond acceptors (Lipinski definition) is 2. The first-order valence-electron chi connectivity index (χ1n) is 8.85. The molecule has 3 aromatic carbocycles. The van der Waals surface area contributed by atoms with E-state index in [0.29, 0.717) is 0 Å². The van der Waals surface area contributed by atoms with E-state index in [1.54, 1.807) is 0 Å². The number of fused-ring (bicyclic) bond motifs is 1. The van der Waals surface area contributed by atoms with Gasteiger partial charge in [-0.05, 0) is 47.2 Å². The Balaban J connectivity index is 0.00000196. The summed E-state index contributed by atoms with van der Waals surface area (Å²) >= 11 is 6.55. The fraction of sp³-hybridized carbons (Fsp3) is 0.227. The van der Waals surface area contributed by atoms with E-state index >= 15 is 0 Å². The molecular formula is C22H22Cl2N2. The fourth-order valence-corrected chi connectivity index (χ4v) is 3.79. The van der Waals surface area contributed by atoms with E-state index in [0.717, 1.165) is 48.8 Å². The first-order valence-corrected chi connectivity index (χ1v) is 9.23. The van der Waals surface area contributed by atoms with E-state index in [9.17, 15) is 0 Å². The maximum atomic E-state index is 6.55. The lowest BCUT2D eigenvalue weighted by Crippen LogP contribution is -2.31. The molecule has 1 N–H and O–H groups in total. The Bertz CT molecular complexity index is 929. The summed E-state index contributed by atoms with van der Waals surface area (Å²) < 4.78 is 0. The highest BCUT2D eigenvalue weighted by Gasteiger charge is 2.14. The van der Waals surface area contributed by atoms with Crippen molar-refractivity contribution in [2.75, 3.05) is 13.1 Å². The number of nitrogens with one attached hydrogen (secondary N) is 1. The number of benzene rings is 3. The second-order valence-electron chi connectivity index (χ2n) is 6.41. The summed E-state index contributed by atoms with van der Waals surface area (Å²) in [4.78, 5) is 4.65. The van der Waals surface area contributed by atoms with Crippen LogP contribution in [0.1, 0.15) is 23.1 Å². The van der Waals surface area contributed by atoms with Gasteiger partial charge in [0.15, 0.2) is 0 Å². The lowest BCUT2D eigenvalue weighted by molar-refractivity contribution is 0.741. The molecule has 2 nitrogen and oxygen atoms in total. The molecule has 1 aliphatic rings. The molecule has 1 aliphatic heterocycles. The van der Waals surface area contributed by atoms with Crippen LogP contribution in [0.5, 0.6) is 0 Å². The second kappa shape index (κ2) is 8.57. The van der Waals surface area contributed by atoms with E-state index in [4.69, 9.17) is 11.6 Å². The number of hydrogen-bond donors (Lipinski definition) is 1. The van der Waals surface area contributed by atoms with Crippen molar-refractivity contribution in [3.05, 3.63) is 82.4 Å². The molecule has 26 heavy (non-hydrogen) atoms. The van der Waals surface area contributed by atoms with Gasteiger partial charge in [0.1, 0.15) is 5.84 Å². The molecule has 0 atom stereocenters. The van der Waals surface area contributed by atoms with Crippen LogP contribution in [0.2, 0.25) is 5.02 Å². The molecule has 0 amide bonds. The SMILES string of the molecule is Cl.Clc1cccc(C2=NCCCN2)c1CCc1cccc2ccccc12. The van der Waals surface area contributed by atoms with Crippen LogP contribution in [0.25, 0.3) is 10.8 Å². The molecule has 0 saturated carbocycles. The van der Waals surface area contributed by atoms with Crippen LogP contribution >= 0.6 is 24.0 Å². The lowest BCUT2D eigenvalue weighted by atomic mass is 9.95. The van der Waals surface area contributed by atoms with Crippen molar-refractivity contribution in [2.24, 2.45) is 4.99 Å². The van der Waals surface area contributed by atoms with Gasteiger partial charge in [-0.25, -0.2) is 0 Å². The highest BCUT2D eigenvalue weighted by atomic mass is 35.5. The molecule has 0 bridgehead atoms. The van der Waals surface area contributed by atoms with Crippen LogP contribution in [0.4, 0.5) is 0 Å². The molecule has 0 saturated heterocycles. The Morgan fingerprint density at radius 2 is 1.73 bits per heavy atom. The van der Waals surface area contributed by atoms with Gasteiger partial charge in [-0.3, -0.25) is 4.99 Å². The third-order valence-electron chi connectivity index (χ3n) is 4.80. The van der Waals surface area contributed by atoms with E-state index in [2.05, 4.69) is 58.8 Å².